The highest BCUT2D eigenvalue weighted by molar-refractivity contribution is 6.04. The van der Waals surface area contributed by atoms with E-state index in [0.29, 0.717) is 71.3 Å². The summed E-state index contributed by atoms with van der Waals surface area (Å²) in [5, 5.41) is 20.8. The molecule has 0 unspecified atom stereocenters. The summed E-state index contributed by atoms with van der Waals surface area (Å²) in [5.41, 5.74) is 7.80. The Balaban J connectivity index is 0.000000212. The topological polar surface area (TPSA) is 211 Å². The molecule has 1 fully saturated rings. The van der Waals surface area contributed by atoms with Crippen LogP contribution in [0.3, 0.4) is 0 Å². The van der Waals surface area contributed by atoms with Crippen molar-refractivity contribution in [3.05, 3.63) is 162 Å². The number of aryl methyl sites for hydroxylation is 1. The number of rotatable bonds is 19. The molecule has 0 atom stereocenters. The molecule has 8 aromatic rings. The standard InChI is InChI=1S/C32H39N7O4.C29H28N6O2/c1-9-29(40)34-24-16-25(28(42-8)17-27(24)38(6)15-14-37(4)5)35-32-33-18-22(31(41)43-20(2)3)30(36-32)23-19-39(7)26-13-11-10-12-21(23)26;1-34-12-10-21(11-13-34)20-37-26-17-31-29(32-18-26)25-7-3-5-23(15-25)19-35-28(36)9-8-27(33-35)24-6-2-4-22(14-24)16-30/h9-13,16-20H,1,14-15H2,2-8H3,(H,34,40)(H,33,35,36);2-9,14-15,17-18,21H,10-13,19-20H2,1H3. The van der Waals surface area contributed by atoms with E-state index in [1.807, 2.05) is 105 Å². The molecule has 19 nitrogen and oxygen atoms in total. The zero-order valence-corrected chi connectivity index (χ0v) is 46.5. The van der Waals surface area contributed by atoms with Gasteiger partial charge in [-0.1, -0.05) is 55.1 Å². The van der Waals surface area contributed by atoms with Gasteiger partial charge in [-0.2, -0.15) is 10.4 Å². The third-order valence-corrected chi connectivity index (χ3v) is 13.4. The summed E-state index contributed by atoms with van der Waals surface area (Å²) in [6.45, 7) is 11.9. The van der Waals surface area contributed by atoms with Crippen LogP contribution in [0.1, 0.15) is 48.2 Å². The van der Waals surface area contributed by atoms with Gasteiger partial charge in [0.1, 0.15) is 11.3 Å². The van der Waals surface area contributed by atoms with E-state index < -0.39 is 5.97 Å². The van der Waals surface area contributed by atoms with E-state index >= 15 is 0 Å². The maximum atomic E-state index is 13.1. The lowest BCUT2D eigenvalue weighted by Crippen LogP contribution is -2.32. The highest BCUT2D eigenvalue weighted by Crippen LogP contribution is 2.39. The Kier molecular flexibility index (Phi) is 18.8. The summed E-state index contributed by atoms with van der Waals surface area (Å²) < 4.78 is 20.6. The van der Waals surface area contributed by atoms with Gasteiger partial charge >= 0.3 is 5.97 Å². The lowest BCUT2D eigenvalue weighted by atomic mass is 9.98. The van der Waals surface area contributed by atoms with E-state index in [1.54, 1.807) is 63.7 Å². The van der Waals surface area contributed by atoms with Crippen molar-refractivity contribution in [3.8, 4) is 51.5 Å². The van der Waals surface area contributed by atoms with Crippen LogP contribution in [-0.4, -0.2) is 130 Å². The molecule has 0 bridgehead atoms. The third-order valence-electron chi connectivity index (χ3n) is 13.4. The second-order valence-electron chi connectivity index (χ2n) is 20.1. The molecule has 0 radical (unpaired) electrons. The number of piperidine rings is 1. The van der Waals surface area contributed by atoms with E-state index in [9.17, 15) is 19.6 Å². The molecule has 0 saturated carbocycles. The van der Waals surface area contributed by atoms with E-state index in [2.05, 4.69) is 60.2 Å². The number of nitriles is 1. The number of anilines is 4. The molecule has 1 aliphatic heterocycles. The SMILES string of the molecule is C=CC(=O)Nc1cc(Nc2ncc(C(=O)OC(C)C)c(-c3cn(C)c4ccccc34)n2)c(OC)cc1N(C)CCN(C)C.CN1CCC(COc2cnc(-c3cccc(Cn4nc(-c5cccc(C#N)c5)ccc4=O)c3)nc2)CC1. The molecule has 1 saturated heterocycles. The number of benzene rings is 4. The number of amides is 1. The number of fused-ring (bicyclic) bond motifs is 1. The lowest BCUT2D eigenvalue weighted by Gasteiger charge is -2.28. The van der Waals surface area contributed by atoms with Gasteiger partial charge in [-0.05, 0) is 115 Å². The summed E-state index contributed by atoms with van der Waals surface area (Å²) in [6.07, 6.45) is 10.0. The van der Waals surface area contributed by atoms with Crippen LogP contribution in [0.25, 0.3) is 44.8 Å². The van der Waals surface area contributed by atoms with E-state index in [0.717, 1.165) is 71.3 Å². The summed E-state index contributed by atoms with van der Waals surface area (Å²) in [5.74, 6) is 1.72. The molecule has 0 spiro atoms. The molecule has 1 amide bonds. The van der Waals surface area contributed by atoms with E-state index in [-0.39, 0.29) is 29.1 Å². The Hall–Kier alpha value is -9.25. The first-order valence-electron chi connectivity index (χ1n) is 26.3. The zero-order chi connectivity index (χ0) is 56.9. The number of esters is 1. The molecular weight excluding hydrogens is 1010 g/mol. The highest BCUT2D eigenvalue weighted by atomic mass is 16.5. The Bertz CT molecular complexity index is 3580. The van der Waals surface area contributed by atoms with Crippen LogP contribution < -0.4 is 30.6 Å². The third kappa shape index (κ3) is 14.5. The molecular formula is C61H67N13O6. The number of carbonyl (C=O) groups is 2. The largest absolute Gasteiger partial charge is 0.494 e. The summed E-state index contributed by atoms with van der Waals surface area (Å²) in [6, 6.07) is 31.8. The first-order chi connectivity index (χ1) is 38.6. The predicted octanol–water partition coefficient (Wildman–Crippen LogP) is 9.08. The van der Waals surface area contributed by atoms with Gasteiger partial charge in [-0.3, -0.25) is 9.59 Å². The van der Waals surface area contributed by atoms with Crippen LogP contribution in [0.15, 0.2) is 139 Å². The van der Waals surface area contributed by atoms with Gasteiger partial charge in [0.2, 0.25) is 11.9 Å². The molecule has 1 aliphatic rings. The summed E-state index contributed by atoms with van der Waals surface area (Å²) >= 11 is 0. The number of para-hydroxylation sites is 1. The van der Waals surface area contributed by atoms with E-state index in [4.69, 9.17) is 19.2 Å². The maximum absolute atomic E-state index is 13.1. The minimum absolute atomic E-state index is 0.201. The summed E-state index contributed by atoms with van der Waals surface area (Å²) in [4.78, 5) is 62.8. The molecule has 2 N–H and O–H groups in total. The highest BCUT2D eigenvalue weighted by Gasteiger charge is 2.24. The van der Waals surface area contributed by atoms with Crippen molar-refractivity contribution in [2.75, 3.05) is 83.6 Å². The molecule has 19 heteroatoms. The number of nitrogens with one attached hydrogen (secondary N) is 2. The average Bonchev–Trinajstić information content (AvgIpc) is 3.84. The molecule has 0 aliphatic carbocycles. The first-order valence-corrected chi connectivity index (χ1v) is 26.3. The van der Waals surface area contributed by atoms with Crippen molar-refractivity contribution >= 4 is 45.8 Å². The normalized spacial score (nSPS) is 12.6. The van der Waals surface area contributed by atoms with Crippen LogP contribution in [-0.2, 0) is 23.1 Å². The predicted molar refractivity (Wildman–Crippen MR) is 312 cm³/mol. The van der Waals surface area contributed by atoms with Gasteiger partial charge < -0.3 is 44.1 Å². The van der Waals surface area contributed by atoms with Crippen LogP contribution in [0.5, 0.6) is 11.5 Å². The van der Waals surface area contributed by atoms with Crippen LogP contribution >= 0.6 is 0 Å². The number of aromatic nitrogens is 7. The number of likely N-dealkylation sites (tertiary alicyclic amines) is 1. The first kappa shape index (κ1) is 56.9. The maximum Gasteiger partial charge on any atom is 0.342 e. The van der Waals surface area contributed by atoms with Crippen LogP contribution in [0.4, 0.5) is 23.0 Å². The minimum atomic E-state index is -0.512. The number of likely N-dealkylation sites (N-methyl/N-ethyl adjacent to an activating group) is 2. The Morgan fingerprint density at radius 1 is 0.887 bits per heavy atom. The molecule has 9 rings (SSSR count). The summed E-state index contributed by atoms with van der Waals surface area (Å²) in [7, 11) is 11.6. The minimum Gasteiger partial charge on any atom is -0.494 e. The molecule has 4 aromatic carbocycles. The van der Waals surface area contributed by atoms with Crippen molar-refractivity contribution in [3.63, 3.8) is 0 Å². The molecule has 80 heavy (non-hydrogen) atoms. The number of nitrogens with zero attached hydrogens (tertiary/aromatic N) is 11. The van der Waals surface area contributed by atoms with Crippen LogP contribution in [0.2, 0.25) is 0 Å². The number of ether oxygens (including phenoxy) is 3. The van der Waals surface area contributed by atoms with Gasteiger partial charge in [0, 0.05) is 79.3 Å². The van der Waals surface area contributed by atoms with Gasteiger partial charge in [0.15, 0.2) is 11.6 Å². The van der Waals surface area contributed by atoms with Gasteiger partial charge in [0.05, 0.1) is 78.8 Å². The van der Waals surface area contributed by atoms with Crippen molar-refractivity contribution in [1.82, 2.24) is 44.1 Å². The van der Waals surface area contributed by atoms with Gasteiger partial charge in [-0.25, -0.2) is 29.4 Å². The number of hydrogen-bond acceptors (Lipinski definition) is 16. The smallest absolute Gasteiger partial charge is 0.342 e. The monoisotopic (exact) mass is 1080 g/mol. The van der Waals surface area contributed by atoms with Crippen molar-refractivity contribution in [2.45, 2.75) is 39.3 Å². The second-order valence-corrected chi connectivity index (χ2v) is 20.1. The molecule has 4 aromatic heterocycles. The second kappa shape index (κ2) is 26.4. The Morgan fingerprint density at radius 2 is 1.64 bits per heavy atom. The number of methoxy groups -OCH3 is 1. The van der Waals surface area contributed by atoms with Gasteiger partial charge in [0.25, 0.3) is 5.56 Å². The zero-order valence-electron chi connectivity index (χ0n) is 46.5. The Labute approximate surface area is 466 Å². The number of carbonyl (C=O) groups excluding carboxylic acids is 2. The fourth-order valence-corrected chi connectivity index (χ4v) is 9.06. The molecule has 412 valence electrons. The van der Waals surface area contributed by atoms with Crippen LogP contribution in [0, 0.1) is 17.2 Å². The van der Waals surface area contributed by atoms with Gasteiger partial charge in [-0.15, -0.1) is 0 Å². The fraction of sp³-hybridized carbons (Fsp3) is 0.295. The average molecular weight is 1080 g/mol. The molecule has 5 heterocycles. The fourth-order valence-electron chi connectivity index (χ4n) is 9.06. The lowest BCUT2D eigenvalue weighted by molar-refractivity contribution is -0.111. The number of hydrogen-bond donors (Lipinski definition) is 2. The van der Waals surface area contributed by atoms with Crippen molar-refractivity contribution < 1.29 is 23.8 Å². The van der Waals surface area contributed by atoms with E-state index in [1.165, 1.54) is 23.0 Å². The Morgan fingerprint density at radius 3 is 2.36 bits per heavy atom. The van der Waals surface area contributed by atoms with Crippen molar-refractivity contribution in [2.24, 2.45) is 13.0 Å². The van der Waals surface area contributed by atoms with Crippen molar-refractivity contribution in [1.29, 1.82) is 5.26 Å². The quantitative estimate of drug-likeness (QED) is 0.0571.